The van der Waals surface area contributed by atoms with Crippen LogP contribution in [0.3, 0.4) is 0 Å². The number of aryl methyl sites for hydroxylation is 1. The Morgan fingerprint density at radius 3 is 2.76 bits per heavy atom. The van der Waals surface area contributed by atoms with Crippen LogP contribution in [0.25, 0.3) is 11.2 Å². The molecule has 1 N–H and O–H groups in total. The van der Waals surface area contributed by atoms with Gasteiger partial charge in [-0.1, -0.05) is 6.07 Å². The van der Waals surface area contributed by atoms with Gasteiger partial charge in [0.1, 0.15) is 6.54 Å². The number of carbonyl (C=O) groups is 1. The Bertz CT molecular complexity index is 1090. The summed E-state index contributed by atoms with van der Waals surface area (Å²) in [7, 11) is 2.91. The third kappa shape index (κ3) is 3.03. The zero-order valence-corrected chi connectivity index (χ0v) is 14.7. The van der Waals surface area contributed by atoms with Gasteiger partial charge in [0.2, 0.25) is 0 Å². The van der Waals surface area contributed by atoms with Crippen LogP contribution in [0.4, 0.5) is 0 Å². The molecule has 3 heterocycles. The highest BCUT2D eigenvalue weighted by Crippen LogP contribution is 2.09. The van der Waals surface area contributed by atoms with Crippen molar-refractivity contribution >= 4 is 34.1 Å². The number of thiophene rings is 1. The fourth-order valence-electron chi connectivity index (χ4n) is 2.39. The predicted octanol–water partition coefficient (Wildman–Crippen LogP) is 0.0356. The van der Waals surface area contributed by atoms with Crippen LogP contribution in [-0.2, 0) is 25.4 Å². The van der Waals surface area contributed by atoms with Crippen molar-refractivity contribution in [3.8, 4) is 0 Å². The maximum atomic E-state index is 12.3. The Morgan fingerprint density at radius 2 is 2.08 bits per heavy atom. The van der Waals surface area contributed by atoms with E-state index in [9.17, 15) is 14.4 Å². The topological polar surface area (TPSA) is 103 Å². The van der Waals surface area contributed by atoms with Crippen LogP contribution in [-0.4, -0.2) is 30.3 Å². The molecule has 0 unspecified atom stereocenters. The molecule has 10 heteroatoms. The molecule has 130 valence electrons. The normalized spacial score (nSPS) is 11.9. The summed E-state index contributed by atoms with van der Waals surface area (Å²) in [5, 5.41) is 5.98. The van der Waals surface area contributed by atoms with Gasteiger partial charge in [0, 0.05) is 19.0 Å². The van der Waals surface area contributed by atoms with E-state index >= 15 is 0 Å². The largest absolute Gasteiger partial charge is 0.332 e. The number of amides is 1. The van der Waals surface area contributed by atoms with E-state index in [2.05, 4.69) is 15.5 Å². The maximum absolute atomic E-state index is 12.3. The highest BCUT2D eigenvalue weighted by Gasteiger charge is 2.15. The summed E-state index contributed by atoms with van der Waals surface area (Å²) >= 11 is 1.52. The van der Waals surface area contributed by atoms with E-state index in [0.717, 1.165) is 9.44 Å². The van der Waals surface area contributed by atoms with Gasteiger partial charge in [-0.25, -0.2) is 15.2 Å². The number of carbonyl (C=O) groups excluding carboxylic acids is 1. The van der Waals surface area contributed by atoms with Crippen LogP contribution in [0, 0.1) is 0 Å². The quantitative estimate of drug-likeness (QED) is 0.524. The molecule has 0 aromatic carbocycles. The van der Waals surface area contributed by atoms with Crippen molar-refractivity contribution in [2.45, 2.75) is 13.5 Å². The van der Waals surface area contributed by atoms with E-state index in [0.29, 0.717) is 5.71 Å². The Morgan fingerprint density at radius 1 is 1.32 bits per heavy atom. The monoisotopic (exact) mass is 360 g/mol. The molecule has 0 bridgehead atoms. The zero-order chi connectivity index (χ0) is 18.1. The smallest absolute Gasteiger partial charge is 0.315 e. The van der Waals surface area contributed by atoms with Gasteiger partial charge in [-0.05, 0) is 18.4 Å². The van der Waals surface area contributed by atoms with Crippen molar-refractivity contribution in [2.24, 2.45) is 19.2 Å². The Labute approximate surface area is 145 Å². The SMILES string of the molecule is C/C(=N/NC(=O)Cn1cnc2c1c(=O)n(C)c(=O)n2C)c1cccs1. The third-order valence-electron chi connectivity index (χ3n) is 3.76. The van der Waals surface area contributed by atoms with E-state index in [1.54, 1.807) is 6.92 Å². The number of hydrogen-bond acceptors (Lipinski definition) is 6. The second kappa shape index (κ2) is 6.48. The number of nitrogens with zero attached hydrogens (tertiary/aromatic N) is 5. The molecule has 0 aliphatic rings. The summed E-state index contributed by atoms with van der Waals surface area (Å²) < 4.78 is 3.66. The lowest BCUT2D eigenvalue weighted by Crippen LogP contribution is -2.38. The van der Waals surface area contributed by atoms with Gasteiger partial charge in [0.15, 0.2) is 11.2 Å². The average Bonchev–Trinajstić information content (AvgIpc) is 3.26. The fourth-order valence-corrected chi connectivity index (χ4v) is 3.07. The number of rotatable bonds is 4. The van der Waals surface area contributed by atoms with Gasteiger partial charge < -0.3 is 4.57 Å². The van der Waals surface area contributed by atoms with Crippen molar-refractivity contribution in [1.82, 2.24) is 24.1 Å². The minimum Gasteiger partial charge on any atom is -0.315 e. The van der Waals surface area contributed by atoms with Crippen LogP contribution in [0.1, 0.15) is 11.8 Å². The summed E-state index contributed by atoms with van der Waals surface area (Å²) in [6.45, 7) is 1.66. The Hall–Kier alpha value is -3.01. The summed E-state index contributed by atoms with van der Waals surface area (Å²) in [5.74, 6) is -0.397. The van der Waals surface area contributed by atoms with Crippen molar-refractivity contribution in [1.29, 1.82) is 0 Å². The first-order valence-electron chi connectivity index (χ1n) is 7.38. The molecular weight excluding hydrogens is 344 g/mol. The summed E-state index contributed by atoms with van der Waals surface area (Å²) in [4.78, 5) is 41.4. The first-order chi connectivity index (χ1) is 11.9. The number of fused-ring (bicyclic) bond motifs is 1. The molecule has 0 atom stereocenters. The lowest BCUT2D eigenvalue weighted by molar-refractivity contribution is -0.121. The standard InChI is InChI=1S/C15H16N6O3S/c1-9(10-5-4-6-25-10)17-18-11(22)7-21-8-16-13-12(21)14(23)20(3)15(24)19(13)2/h4-6,8H,7H2,1-3H3,(H,18,22)/b17-9-. The number of nitrogens with one attached hydrogen (secondary N) is 1. The molecule has 0 fully saturated rings. The minimum atomic E-state index is -0.498. The van der Waals surface area contributed by atoms with Crippen LogP contribution in [0.2, 0.25) is 0 Å². The first-order valence-corrected chi connectivity index (χ1v) is 8.26. The molecule has 3 rings (SSSR count). The Balaban J connectivity index is 1.86. The molecule has 1 amide bonds. The second-order valence-corrected chi connectivity index (χ2v) is 6.41. The number of imidazole rings is 1. The van der Waals surface area contributed by atoms with Crippen molar-refractivity contribution in [3.05, 3.63) is 49.6 Å². The van der Waals surface area contributed by atoms with Gasteiger partial charge in [-0.15, -0.1) is 11.3 Å². The van der Waals surface area contributed by atoms with Crippen LogP contribution < -0.4 is 16.7 Å². The summed E-state index contributed by atoms with van der Waals surface area (Å²) in [6, 6.07) is 3.81. The number of hydrogen-bond donors (Lipinski definition) is 1. The van der Waals surface area contributed by atoms with E-state index < -0.39 is 17.2 Å². The van der Waals surface area contributed by atoms with Crippen LogP contribution in [0.5, 0.6) is 0 Å². The van der Waals surface area contributed by atoms with E-state index in [1.165, 1.54) is 40.9 Å². The fraction of sp³-hybridized carbons (Fsp3) is 0.267. The minimum absolute atomic E-state index is 0.134. The summed E-state index contributed by atoms with van der Waals surface area (Å²) in [6.07, 6.45) is 1.36. The van der Waals surface area contributed by atoms with E-state index in [-0.39, 0.29) is 17.7 Å². The Kier molecular flexibility index (Phi) is 4.36. The lowest BCUT2D eigenvalue weighted by atomic mass is 10.3. The zero-order valence-electron chi connectivity index (χ0n) is 13.9. The molecule has 0 saturated heterocycles. The predicted molar refractivity (Wildman–Crippen MR) is 94.9 cm³/mol. The van der Waals surface area contributed by atoms with Crippen LogP contribution in [0.15, 0.2) is 38.5 Å². The second-order valence-electron chi connectivity index (χ2n) is 5.46. The molecule has 0 aliphatic heterocycles. The van der Waals surface area contributed by atoms with Gasteiger partial charge in [0.05, 0.1) is 12.0 Å². The molecule has 0 radical (unpaired) electrons. The molecule has 3 aromatic rings. The molecule has 0 aliphatic carbocycles. The summed E-state index contributed by atoms with van der Waals surface area (Å²) in [5.41, 5.74) is 2.62. The number of aromatic nitrogens is 4. The molecule has 25 heavy (non-hydrogen) atoms. The number of hydrazone groups is 1. The van der Waals surface area contributed by atoms with Crippen molar-refractivity contribution in [2.75, 3.05) is 0 Å². The van der Waals surface area contributed by atoms with Crippen LogP contribution >= 0.6 is 11.3 Å². The first kappa shape index (κ1) is 16.8. The molecule has 0 spiro atoms. The molecular formula is C15H16N6O3S. The molecule has 0 saturated carbocycles. The van der Waals surface area contributed by atoms with Gasteiger partial charge in [-0.2, -0.15) is 5.10 Å². The highest BCUT2D eigenvalue weighted by atomic mass is 32.1. The average molecular weight is 360 g/mol. The molecule has 9 nitrogen and oxygen atoms in total. The van der Waals surface area contributed by atoms with Gasteiger partial charge in [0.25, 0.3) is 11.5 Å². The third-order valence-corrected chi connectivity index (χ3v) is 4.74. The molecule has 3 aromatic heterocycles. The van der Waals surface area contributed by atoms with Gasteiger partial charge >= 0.3 is 5.69 Å². The van der Waals surface area contributed by atoms with E-state index in [1.807, 2.05) is 17.5 Å². The van der Waals surface area contributed by atoms with Gasteiger partial charge in [-0.3, -0.25) is 18.7 Å². The van der Waals surface area contributed by atoms with Crippen molar-refractivity contribution < 1.29 is 4.79 Å². The van der Waals surface area contributed by atoms with Crippen molar-refractivity contribution in [3.63, 3.8) is 0 Å². The maximum Gasteiger partial charge on any atom is 0.332 e. The lowest BCUT2D eigenvalue weighted by Gasteiger charge is -2.06. The van der Waals surface area contributed by atoms with E-state index in [4.69, 9.17) is 0 Å². The highest BCUT2D eigenvalue weighted by molar-refractivity contribution is 7.12.